The van der Waals surface area contributed by atoms with Gasteiger partial charge >= 0.3 is 6.18 Å². The Balaban J connectivity index is 2.24. The normalized spacial score (nSPS) is 18.2. The Morgan fingerprint density at radius 2 is 2.00 bits per heavy atom. The van der Waals surface area contributed by atoms with Gasteiger partial charge in [-0.3, -0.25) is 4.79 Å². The third-order valence-electron chi connectivity index (χ3n) is 5.49. The molecule has 3 rings (SSSR count). The van der Waals surface area contributed by atoms with Crippen molar-refractivity contribution in [2.24, 2.45) is 5.73 Å². The summed E-state index contributed by atoms with van der Waals surface area (Å²) in [6.07, 6.45) is -2.01. The number of amides is 1. The molecule has 2 aromatic heterocycles. The molecule has 0 radical (unpaired) electrons. The van der Waals surface area contributed by atoms with Crippen molar-refractivity contribution in [2.45, 2.75) is 50.5 Å². The van der Waals surface area contributed by atoms with Crippen molar-refractivity contribution >= 4 is 26.8 Å². The van der Waals surface area contributed by atoms with E-state index in [0.717, 1.165) is 18.6 Å². The summed E-state index contributed by atoms with van der Waals surface area (Å²) in [6.45, 7) is 3.19. The topological polar surface area (TPSA) is 84.1 Å². The maximum atomic E-state index is 14.3. The molecule has 1 aliphatic heterocycles. The van der Waals surface area contributed by atoms with Crippen LogP contribution in [0.5, 0.6) is 0 Å². The van der Waals surface area contributed by atoms with Gasteiger partial charge in [0.15, 0.2) is 0 Å². The van der Waals surface area contributed by atoms with Crippen LogP contribution >= 0.6 is 9.24 Å². The number of hydrogen-bond acceptors (Lipinski definition) is 5. The first kappa shape index (κ1) is 25.2. The highest BCUT2D eigenvalue weighted by molar-refractivity contribution is 7.18. The number of alkyl halides is 5. The van der Waals surface area contributed by atoms with Crippen molar-refractivity contribution < 1.29 is 26.7 Å². The Kier molecular flexibility index (Phi) is 7.24. The maximum absolute atomic E-state index is 14.3. The zero-order valence-electron chi connectivity index (χ0n) is 18.1. The van der Waals surface area contributed by atoms with Gasteiger partial charge in [0.1, 0.15) is 11.6 Å². The maximum Gasteiger partial charge on any atom is 0.416 e. The van der Waals surface area contributed by atoms with Gasteiger partial charge in [-0.25, -0.2) is 18.7 Å². The molecule has 1 unspecified atom stereocenters. The molecule has 2 aromatic rings. The minimum atomic E-state index is -4.69. The van der Waals surface area contributed by atoms with Gasteiger partial charge in [0.05, 0.1) is 17.2 Å². The molecule has 3 N–H and O–H groups in total. The predicted molar refractivity (Wildman–Crippen MR) is 119 cm³/mol. The predicted octanol–water partition coefficient (Wildman–Crippen LogP) is 4.62. The number of aromatic nitrogens is 2. The van der Waals surface area contributed by atoms with Crippen molar-refractivity contribution in [3.05, 3.63) is 35.5 Å². The molecule has 180 valence electrons. The molecule has 0 saturated carbocycles. The van der Waals surface area contributed by atoms with E-state index in [9.17, 15) is 26.7 Å². The summed E-state index contributed by atoms with van der Waals surface area (Å²) in [5.41, 5.74) is 1.47. The summed E-state index contributed by atoms with van der Waals surface area (Å²) in [4.78, 5) is 21.7. The third kappa shape index (κ3) is 5.95. The highest BCUT2D eigenvalue weighted by atomic mass is 31.0. The van der Waals surface area contributed by atoms with Gasteiger partial charge in [0, 0.05) is 43.4 Å². The van der Waals surface area contributed by atoms with Crippen molar-refractivity contribution in [3.63, 3.8) is 0 Å². The first-order chi connectivity index (χ1) is 15.3. The minimum Gasteiger partial charge on any atom is -0.355 e. The van der Waals surface area contributed by atoms with Gasteiger partial charge in [0.2, 0.25) is 5.91 Å². The smallest absolute Gasteiger partial charge is 0.355 e. The fraction of sp³-hybridized carbons (Fsp3) is 0.476. The standard InChI is InChI=1S/C21H25F5N5OP/c1-11(21(25,26)33)18-15(5-6-28-19(18)29-12(2)32)16-8-13(20(22,23)24)9-17(30-16)31-7-3-4-14(27)10-31/h5-6,8-9,11,14H,3-4,7,10,27,33H2,1-2H3,(H,28,29,32)/t11-,14+/m1/s1. The quantitative estimate of drug-likeness (QED) is 0.473. The highest BCUT2D eigenvalue weighted by Gasteiger charge is 2.37. The van der Waals surface area contributed by atoms with Crippen LogP contribution in [0.1, 0.15) is 43.7 Å². The summed E-state index contributed by atoms with van der Waals surface area (Å²) >= 11 is 0. The van der Waals surface area contributed by atoms with Gasteiger partial charge in [-0.05, 0) is 31.0 Å². The van der Waals surface area contributed by atoms with E-state index in [2.05, 4.69) is 15.3 Å². The Labute approximate surface area is 190 Å². The van der Waals surface area contributed by atoms with Crippen molar-refractivity contribution in [3.8, 4) is 11.3 Å². The van der Waals surface area contributed by atoms with Gasteiger partial charge in [-0.1, -0.05) is 16.2 Å². The molecule has 3 heterocycles. The van der Waals surface area contributed by atoms with Gasteiger partial charge < -0.3 is 16.0 Å². The van der Waals surface area contributed by atoms with Crippen LogP contribution in [0.2, 0.25) is 0 Å². The lowest BCUT2D eigenvalue weighted by Crippen LogP contribution is -2.43. The SMILES string of the molecule is CC(=O)Nc1nccc(-c2cc(C(F)(F)F)cc(N3CCC[C@H](N)C3)n2)c1[C@@H](C)C(F)(F)P. The van der Waals surface area contributed by atoms with Crippen molar-refractivity contribution in [1.82, 2.24) is 9.97 Å². The Morgan fingerprint density at radius 1 is 1.30 bits per heavy atom. The summed E-state index contributed by atoms with van der Waals surface area (Å²) < 4.78 is 69.8. The Morgan fingerprint density at radius 3 is 2.58 bits per heavy atom. The summed E-state index contributed by atoms with van der Waals surface area (Å²) in [5.74, 6) is -2.16. The molecule has 0 bridgehead atoms. The van der Waals surface area contributed by atoms with E-state index >= 15 is 0 Å². The fourth-order valence-electron chi connectivity index (χ4n) is 3.79. The van der Waals surface area contributed by atoms with Gasteiger partial charge in [-0.2, -0.15) is 13.2 Å². The number of anilines is 2. The van der Waals surface area contributed by atoms with E-state index < -0.39 is 29.2 Å². The lowest BCUT2D eigenvalue weighted by Gasteiger charge is -2.32. The monoisotopic (exact) mass is 489 g/mol. The second-order valence-corrected chi connectivity index (χ2v) is 8.91. The van der Waals surface area contributed by atoms with Crippen LogP contribution in [-0.4, -0.2) is 40.7 Å². The number of pyridine rings is 2. The molecule has 3 atom stereocenters. The van der Waals surface area contributed by atoms with E-state index in [1.54, 1.807) is 4.90 Å². The van der Waals surface area contributed by atoms with Crippen LogP contribution in [0.25, 0.3) is 11.3 Å². The van der Waals surface area contributed by atoms with E-state index in [1.807, 2.05) is 0 Å². The number of halogens is 5. The van der Waals surface area contributed by atoms with Crippen LogP contribution in [0, 0.1) is 0 Å². The average Bonchev–Trinajstić information content (AvgIpc) is 2.71. The van der Waals surface area contributed by atoms with E-state index in [4.69, 9.17) is 5.73 Å². The molecule has 0 aromatic carbocycles. The summed E-state index contributed by atoms with van der Waals surface area (Å²) in [5, 5.41) is 2.40. The van der Waals surface area contributed by atoms with Gasteiger partial charge in [-0.15, -0.1) is 0 Å². The lowest BCUT2D eigenvalue weighted by atomic mass is 9.93. The molecule has 1 amide bonds. The molecule has 0 spiro atoms. The van der Waals surface area contributed by atoms with Crippen LogP contribution in [0.4, 0.5) is 33.6 Å². The molecule has 12 heteroatoms. The number of piperidine rings is 1. The van der Waals surface area contributed by atoms with Crippen LogP contribution in [-0.2, 0) is 11.0 Å². The first-order valence-electron chi connectivity index (χ1n) is 10.3. The molecule has 1 aliphatic rings. The number of rotatable bonds is 5. The number of nitrogens with zero attached hydrogens (tertiary/aromatic N) is 3. The second-order valence-electron chi connectivity index (χ2n) is 8.14. The largest absolute Gasteiger partial charge is 0.416 e. The van der Waals surface area contributed by atoms with E-state index in [-0.39, 0.29) is 34.5 Å². The number of hydrogen-bond donors (Lipinski definition) is 2. The summed E-state index contributed by atoms with van der Waals surface area (Å²) in [7, 11) is 1.42. The molecule has 33 heavy (non-hydrogen) atoms. The van der Waals surface area contributed by atoms with Gasteiger partial charge in [0.25, 0.3) is 5.66 Å². The number of carbonyl (C=O) groups excluding carboxylic acids is 1. The molecule has 0 aliphatic carbocycles. The highest BCUT2D eigenvalue weighted by Crippen LogP contribution is 2.45. The molecule has 1 saturated heterocycles. The Hall–Kier alpha value is -2.39. The average molecular weight is 489 g/mol. The number of nitrogens with two attached hydrogens (primary N) is 1. The fourth-order valence-corrected chi connectivity index (χ4v) is 3.96. The first-order valence-corrected chi connectivity index (χ1v) is 10.9. The molecule has 1 fully saturated rings. The van der Waals surface area contributed by atoms with E-state index in [1.165, 1.54) is 35.4 Å². The molecular weight excluding hydrogens is 464 g/mol. The van der Waals surface area contributed by atoms with E-state index in [0.29, 0.717) is 19.5 Å². The second kappa shape index (κ2) is 9.46. The molecular formula is C21H25F5N5OP. The van der Waals surface area contributed by atoms with Crippen LogP contribution in [0.15, 0.2) is 24.4 Å². The Bertz CT molecular complexity index is 1030. The zero-order chi connectivity index (χ0) is 24.6. The number of nitrogens with one attached hydrogen (secondary N) is 1. The van der Waals surface area contributed by atoms with Crippen LogP contribution < -0.4 is 16.0 Å². The minimum absolute atomic E-state index is 0.0250. The zero-order valence-corrected chi connectivity index (χ0v) is 19.2. The third-order valence-corrected chi connectivity index (χ3v) is 5.99. The van der Waals surface area contributed by atoms with Crippen molar-refractivity contribution in [1.29, 1.82) is 0 Å². The lowest BCUT2D eigenvalue weighted by molar-refractivity contribution is -0.137. The summed E-state index contributed by atoms with van der Waals surface area (Å²) in [6, 6.07) is 2.86. The van der Waals surface area contributed by atoms with Crippen molar-refractivity contribution in [2.75, 3.05) is 23.3 Å². The number of carbonyl (C=O) groups is 1. The molecule has 6 nitrogen and oxygen atoms in total. The van der Waals surface area contributed by atoms with Crippen LogP contribution in [0.3, 0.4) is 0 Å².